The van der Waals surface area contributed by atoms with Crippen LogP contribution in [0.5, 0.6) is 0 Å². The first-order valence-corrected chi connectivity index (χ1v) is 6.18. The maximum absolute atomic E-state index is 11.7. The van der Waals surface area contributed by atoms with E-state index in [0.717, 1.165) is 0 Å². The summed E-state index contributed by atoms with van der Waals surface area (Å²) in [6, 6.07) is 8.68. The van der Waals surface area contributed by atoms with Crippen molar-refractivity contribution in [2.24, 2.45) is 5.41 Å². The number of thiocarbonyl (C=S) groups is 1. The molecule has 0 unspecified atom stereocenters. The van der Waals surface area contributed by atoms with Gasteiger partial charge in [-0.15, -0.1) is 0 Å². The lowest BCUT2D eigenvalue weighted by atomic mass is 9.96. The van der Waals surface area contributed by atoms with Crippen LogP contribution < -0.4 is 16.2 Å². The van der Waals surface area contributed by atoms with Gasteiger partial charge in [0.2, 0.25) is 5.91 Å². The van der Waals surface area contributed by atoms with Gasteiger partial charge < -0.3 is 5.32 Å². The molecule has 19 heavy (non-hydrogen) atoms. The number of hydrogen-bond donors (Lipinski definition) is 3. The second kappa shape index (κ2) is 6.29. The monoisotopic (exact) mass is 279 g/mol. The molecule has 1 rings (SSSR count). The SMILES string of the molecule is CC(C)(C)C(=O)NC(=S)NNC(=O)c1ccccc1. The van der Waals surface area contributed by atoms with E-state index in [9.17, 15) is 9.59 Å². The molecule has 2 amide bonds. The minimum Gasteiger partial charge on any atom is -0.301 e. The van der Waals surface area contributed by atoms with Crippen LogP contribution >= 0.6 is 12.2 Å². The Morgan fingerprint density at radius 3 is 2.16 bits per heavy atom. The molecule has 1 aromatic carbocycles. The first kappa shape index (κ1) is 15.1. The Morgan fingerprint density at radius 2 is 1.63 bits per heavy atom. The highest BCUT2D eigenvalue weighted by atomic mass is 32.1. The van der Waals surface area contributed by atoms with Crippen LogP contribution in [0.2, 0.25) is 0 Å². The Bertz CT molecular complexity index is 480. The zero-order chi connectivity index (χ0) is 14.5. The zero-order valence-corrected chi connectivity index (χ0v) is 11.9. The first-order chi connectivity index (χ1) is 8.80. The molecule has 0 bridgehead atoms. The van der Waals surface area contributed by atoms with Gasteiger partial charge in [-0.25, -0.2) is 0 Å². The molecule has 0 aliphatic heterocycles. The summed E-state index contributed by atoms with van der Waals surface area (Å²) in [6.07, 6.45) is 0. The van der Waals surface area contributed by atoms with E-state index in [1.165, 1.54) is 0 Å². The van der Waals surface area contributed by atoms with E-state index in [1.807, 2.05) is 6.07 Å². The highest BCUT2D eigenvalue weighted by molar-refractivity contribution is 7.80. The van der Waals surface area contributed by atoms with Crippen molar-refractivity contribution in [3.05, 3.63) is 35.9 Å². The van der Waals surface area contributed by atoms with Crippen molar-refractivity contribution in [2.75, 3.05) is 0 Å². The van der Waals surface area contributed by atoms with E-state index in [4.69, 9.17) is 12.2 Å². The topological polar surface area (TPSA) is 70.2 Å². The molecule has 0 aromatic heterocycles. The molecule has 1 aromatic rings. The van der Waals surface area contributed by atoms with E-state index < -0.39 is 5.41 Å². The van der Waals surface area contributed by atoms with Crippen molar-refractivity contribution in [3.63, 3.8) is 0 Å². The normalized spacial score (nSPS) is 10.5. The van der Waals surface area contributed by atoms with Gasteiger partial charge in [-0.2, -0.15) is 0 Å². The van der Waals surface area contributed by atoms with Crippen molar-refractivity contribution in [1.82, 2.24) is 16.2 Å². The second-order valence-corrected chi connectivity index (χ2v) is 5.39. The van der Waals surface area contributed by atoms with Crippen LogP contribution in [0.1, 0.15) is 31.1 Å². The zero-order valence-electron chi connectivity index (χ0n) is 11.1. The van der Waals surface area contributed by atoms with Crippen LogP contribution in [0.15, 0.2) is 30.3 Å². The summed E-state index contributed by atoms with van der Waals surface area (Å²) in [5.41, 5.74) is 4.85. The average molecular weight is 279 g/mol. The third kappa shape index (κ3) is 5.05. The van der Waals surface area contributed by atoms with Gasteiger partial charge in [-0.1, -0.05) is 39.0 Å². The number of rotatable bonds is 1. The predicted molar refractivity (Wildman–Crippen MR) is 77.2 cm³/mol. The molecule has 3 N–H and O–H groups in total. The fourth-order valence-electron chi connectivity index (χ4n) is 1.10. The number of hydrazine groups is 1. The van der Waals surface area contributed by atoms with Gasteiger partial charge in [-0.3, -0.25) is 20.4 Å². The Labute approximate surface area is 117 Å². The Hall–Kier alpha value is -1.95. The molecule has 0 saturated heterocycles. The average Bonchev–Trinajstić information content (AvgIpc) is 2.35. The van der Waals surface area contributed by atoms with Crippen molar-refractivity contribution in [1.29, 1.82) is 0 Å². The highest BCUT2D eigenvalue weighted by Gasteiger charge is 2.22. The molecule has 0 heterocycles. The van der Waals surface area contributed by atoms with Gasteiger partial charge in [0.15, 0.2) is 5.11 Å². The highest BCUT2D eigenvalue weighted by Crippen LogP contribution is 2.11. The van der Waals surface area contributed by atoms with Crippen LogP contribution in [-0.4, -0.2) is 16.9 Å². The third-order valence-electron chi connectivity index (χ3n) is 2.23. The molecule has 0 aliphatic rings. The van der Waals surface area contributed by atoms with E-state index in [0.29, 0.717) is 5.56 Å². The summed E-state index contributed by atoms with van der Waals surface area (Å²) in [5.74, 6) is -0.549. The molecule has 0 fully saturated rings. The maximum atomic E-state index is 11.7. The van der Waals surface area contributed by atoms with Crippen molar-refractivity contribution >= 4 is 29.1 Å². The molecule has 5 nitrogen and oxygen atoms in total. The van der Waals surface area contributed by atoms with Crippen LogP contribution in [0.25, 0.3) is 0 Å². The van der Waals surface area contributed by atoms with Gasteiger partial charge in [0.1, 0.15) is 0 Å². The second-order valence-electron chi connectivity index (χ2n) is 4.98. The number of nitrogens with one attached hydrogen (secondary N) is 3. The standard InChI is InChI=1S/C13H17N3O2S/c1-13(2,3)11(18)14-12(19)16-15-10(17)9-7-5-4-6-8-9/h4-8H,1-3H3,(H,15,17)(H2,14,16,18,19). The van der Waals surface area contributed by atoms with Crippen LogP contribution in [0.4, 0.5) is 0 Å². The lowest BCUT2D eigenvalue weighted by Crippen LogP contribution is -2.50. The van der Waals surface area contributed by atoms with E-state index in [-0.39, 0.29) is 16.9 Å². The predicted octanol–water partition coefficient (Wildman–Crippen LogP) is 1.37. The summed E-state index contributed by atoms with van der Waals surface area (Å²) >= 11 is 4.91. The summed E-state index contributed by atoms with van der Waals surface area (Å²) in [4.78, 5) is 23.3. The van der Waals surface area contributed by atoms with E-state index in [2.05, 4.69) is 16.2 Å². The number of hydrogen-bond acceptors (Lipinski definition) is 3. The molecular weight excluding hydrogens is 262 g/mol. The fraction of sp³-hybridized carbons (Fsp3) is 0.308. The lowest BCUT2D eigenvalue weighted by molar-refractivity contribution is -0.126. The molecular formula is C13H17N3O2S. The molecule has 0 spiro atoms. The minimum absolute atomic E-state index is 0.0595. The minimum atomic E-state index is -0.546. The van der Waals surface area contributed by atoms with Gasteiger partial charge >= 0.3 is 0 Å². The lowest BCUT2D eigenvalue weighted by Gasteiger charge is -2.18. The van der Waals surface area contributed by atoms with Crippen molar-refractivity contribution < 1.29 is 9.59 Å². The summed E-state index contributed by atoms with van der Waals surface area (Å²) < 4.78 is 0. The molecule has 6 heteroatoms. The Kier molecular flexibility index (Phi) is 5.00. The van der Waals surface area contributed by atoms with Crippen LogP contribution in [0.3, 0.4) is 0 Å². The molecule has 0 radical (unpaired) electrons. The number of amides is 2. The van der Waals surface area contributed by atoms with Gasteiger partial charge in [0.25, 0.3) is 5.91 Å². The number of carbonyl (C=O) groups is 2. The van der Waals surface area contributed by atoms with Gasteiger partial charge in [-0.05, 0) is 24.4 Å². The Balaban J connectivity index is 2.43. The summed E-state index contributed by atoms with van der Waals surface area (Å²) in [6.45, 7) is 5.31. The quantitative estimate of drug-likeness (QED) is 0.536. The number of benzene rings is 1. The van der Waals surface area contributed by atoms with Gasteiger partial charge in [0.05, 0.1) is 0 Å². The van der Waals surface area contributed by atoms with Gasteiger partial charge in [0, 0.05) is 11.0 Å². The molecule has 0 saturated carbocycles. The number of carbonyl (C=O) groups excluding carboxylic acids is 2. The smallest absolute Gasteiger partial charge is 0.269 e. The van der Waals surface area contributed by atoms with Crippen LogP contribution in [-0.2, 0) is 4.79 Å². The Morgan fingerprint density at radius 1 is 1.05 bits per heavy atom. The largest absolute Gasteiger partial charge is 0.301 e. The molecule has 102 valence electrons. The summed E-state index contributed by atoms with van der Waals surface area (Å²) in [5, 5.41) is 2.55. The van der Waals surface area contributed by atoms with Crippen LogP contribution in [0, 0.1) is 5.41 Å². The van der Waals surface area contributed by atoms with Crippen molar-refractivity contribution in [2.45, 2.75) is 20.8 Å². The van der Waals surface area contributed by atoms with Crippen molar-refractivity contribution in [3.8, 4) is 0 Å². The third-order valence-corrected chi connectivity index (χ3v) is 2.44. The van der Waals surface area contributed by atoms with E-state index >= 15 is 0 Å². The first-order valence-electron chi connectivity index (χ1n) is 5.77. The molecule has 0 aliphatic carbocycles. The maximum Gasteiger partial charge on any atom is 0.269 e. The molecule has 0 atom stereocenters. The summed E-state index contributed by atoms with van der Waals surface area (Å²) in [7, 11) is 0. The van der Waals surface area contributed by atoms with E-state index in [1.54, 1.807) is 45.0 Å². The fourth-order valence-corrected chi connectivity index (χ4v) is 1.24.